The predicted octanol–water partition coefficient (Wildman–Crippen LogP) is 3.35. The summed E-state index contributed by atoms with van der Waals surface area (Å²) in [5.74, 6) is -3.68. The summed E-state index contributed by atoms with van der Waals surface area (Å²) in [4.78, 5) is 13.5. The summed E-state index contributed by atoms with van der Waals surface area (Å²) in [5.41, 5.74) is -0.666. The Bertz CT molecular complexity index is 472. The van der Waals surface area contributed by atoms with Gasteiger partial charge in [0.2, 0.25) is 0 Å². The van der Waals surface area contributed by atoms with Gasteiger partial charge in [0.1, 0.15) is 23.0 Å². The van der Waals surface area contributed by atoms with Crippen LogP contribution in [-0.2, 0) is 0 Å². The molecule has 0 radical (unpaired) electrons. The van der Waals surface area contributed by atoms with E-state index in [1.54, 1.807) is 0 Å². The maximum Gasteiger partial charge on any atom is 0.259 e. The van der Waals surface area contributed by atoms with E-state index in [1.807, 2.05) is 0 Å². The second-order valence-electron chi connectivity index (χ2n) is 4.63. The van der Waals surface area contributed by atoms with Crippen molar-refractivity contribution in [3.8, 4) is 0 Å². The van der Waals surface area contributed by atoms with Crippen LogP contribution in [0.15, 0.2) is 12.1 Å². The van der Waals surface area contributed by atoms with Crippen molar-refractivity contribution in [3.05, 3.63) is 35.1 Å². The molecule has 1 aliphatic rings. The molecule has 1 atom stereocenters. The molecule has 1 amide bonds. The molecule has 0 aromatic heterocycles. The summed E-state index contributed by atoms with van der Waals surface area (Å²) >= 11 is 3.33. The number of alkyl halides is 1. The highest BCUT2D eigenvalue weighted by Crippen LogP contribution is 2.24. The summed E-state index contributed by atoms with van der Waals surface area (Å²) in [5, 5.41) is 0.832. The third-order valence-corrected chi connectivity index (χ3v) is 3.77. The first-order chi connectivity index (χ1) is 9.02. The number of hydrogen-bond donors (Lipinski definition) is 0. The van der Waals surface area contributed by atoms with Gasteiger partial charge in [0.05, 0.1) is 0 Å². The van der Waals surface area contributed by atoms with Gasteiger partial charge < -0.3 is 4.90 Å². The van der Waals surface area contributed by atoms with Crippen LogP contribution in [0, 0.1) is 23.4 Å². The second-order valence-corrected chi connectivity index (χ2v) is 5.42. The molecule has 19 heavy (non-hydrogen) atoms. The van der Waals surface area contributed by atoms with Crippen LogP contribution in [-0.4, -0.2) is 29.2 Å². The van der Waals surface area contributed by atoms with Crippen LogP contribution >= 0.6 is 15.9 Å². The van der Waals surface area contributed by atoms with Crippen molar-refractivity contribution in [1.29, 1.82) is 0 Å². The third-order valence-electron chi connectivity index (χ3n) is 3.31. The molecule has 1 aliphatic heterocycles. The summed E-state index contributed by atoms with van der Waals surface area (Å²) in [6.07, 6.45) is 1.74. The lowest BCUT2D eigenvalue weighted by Gasteiger charge is -2.17. The Kier molecular flexibility index (Phi) is 4.50. The lowest BCUT2D eigenvalue weighted by molar-refractivity contribution is 0.0777. The summed E-state index contributed by atoms with van der Waals surface area (Å²) in [7, 11) is 0. The smallest absolute Gasteiger partial charge is 0.259 e. The highest BCUT2D eigenvalue weighted by atomic mass is 79.9. The fourth-order valence-corrected chi connectivity index (χ4v) is 2.96. The van der Waals surface area contributed by atoms with Gasteiger partial charge >= 0.3 is 0 Å². The lowest BCUT2D eigenvalue weighted by atomic mass is 10.1. The molecule has 1 heterocycles. The first-order valence-electron chi connectivity index (χ1n) is 6.02. The molecule has 0 saturated carbocycles. The van der Waals surface area contributed by atoms with Crippen LogP contribution in [0.2, 0.25) is 0 Å². The Morgan fingerprint density at radius 3 is 2.53 bits per heavy atom. The molecule has 1 fully saturated rings. The van der Waals surface area contributed by atoms with Crippen molar-refractivity contribution in [1.82, 2.24) is 4.90 Å². The number of carbonyl (C=O) groups is 1. The molecule has 0 N–H and O–H groups in total. The monoisotopic (exact) mass is 335 g/mol. The van der Waals surface area contributed by atoms with E-state index in [0.29, 0.717) is 31.1 Å². The second kappa shape index (κ2) is 5.94. The van der Waals surface area contributed by atoms with E-state index >= 15 is 0 Å². The SMILES string of the molecule is O=C(c1c(F)cc(F)cc1F)N1CCC(CCBr)C1. The van der Waals surface area contributed by atoms with Crippen LogP contribution < -0.4 is 0 Å². The van der Waals surface area contributed by atoms with E-state index in [2.05, 4.69) is 15.9 Å². The van der Waals surface area contributed by atoms with Gasteiger partial charge in [-0.15, -0.1) is 0 Å². The quantitative estimate of drug-likeness (QED) is 0.776. The largest absolute Gasteiger partial charge is 0.338 e. The molecule has 1 aromatic carbocycles. The third kappa shape index (κ3) is 3.11. The molecule has 0 aliphatic carbocycles. The molecular formula is C13H13BrF3NO. The van der Waals surface area contributed by atoms with Gasteiger partial charge in [-0.05, 0) is 18.8 Å². The van der Waals surface area contributed by atoms with Gasteiger partial charge in [-0.1, -0.05) is 15.9 Å². The fraction of sp³-hybridized carbons (Fsp3) is 0.462. The lowest BCUT2D eigenvalue weighted by Crippen LogP contribution is -2.30. The van der Waals surface area contributed by atoms with Crippen molar-refractivity contribution < 1.29 is 18.0 Å². The van der Waals surface area contributed by atoms with E-state index in [0.717, 1.165) is 18.2 Å². The minimum atomic E-state index is -1.15. The summed E-state index contributed by atoms with van der Waals surface area (Å²) in [6.45, 7) is 0.966. The van der Waals surface area contributed by atoms with E-state index < -0.39 is 28.9 Å². The molecule has 1 unspecified atom stereocenters. The number of carbonyl (C=O) groups excluding carboxylic acids is 1. The number of hydrogen-bond acceptors (Lipinski definition) is 1. The van der Waals surface area contributed by atoms with Crippen molar-refractivity contribution in [2.45, 2.75) is 12.8 Å². The van der Waals surface area contributed by atoms with Gasteiger partial charge in [0.15, 0.2) is 0 Å². The minimum Gasteiger partial charge on any atom is -0.338 e. The highest BCUT2D eigenvalue weighted by Gasteiger charge is 2.30. The first kappa shape index (κ1) is 14.4. The number of likely N-dealkylation sites (tertiary alicyclic amines) is 1. The fourth-order valence-electron chi connectivity index (χ4n) is 2.31. The van der Waals surface area contributed by atoms with Gasteiger partial charge in [-0.3, -0.25) is 4.79 Å². The van der Waals surface area contributed by atoms with Crippen LogP contribution in [0.25, 0.3) is 0 Å². The molecule has 0 spiro atoms. The minimum absolute atomic E-state index is 0.342. The zero-order chi connectivity index (χ0) is 14.0. The van der Waals surface area contributed by atoms with E-state index in [-0.39, 0.29) is 0 Å². The Balaban J connectivity index is 2.17. The van der Waals surface area contributed by atoms with Gasteiger partial charge in [0, 0.05) is 30.6 Å². The average Bonchev–Trinajstić information content (AvgIpc) is 2.76. The maximum absolute atomic E-state index is 13.5. The molecule has 2 nitrogen and oxygen atoms in total. The molecular weight excluding hydrogens is 323 g/mol. The summed E-state index contributed by atoms with van der Waals surface area (Å²) in [6, 6.07) is 1.06. The molecule has 1 saturated heterocycles. The van der Waals surface area contributed by atoms with Crippen molar-refractivity contribution in [2.24, 2.45) is 5.92 Å². The number of benzene rings is 1. The highest BCUT2D eigenvalue weighted by molar-refractivity contribution is 9.09. The molecule has 0 bridgehead atoms. The Morgan fingerprint density at radius 2 is 1.95 bits per heavy atom. The van der Waals surface area contributed by atoms with Crippen LogP contribution in [0.1, 0.15) is 23.2 Å². The average molecular weight is 336 g/mol. The number of rotatable bonds is 3. The number of amides is 1. The zero-order valence-electron chi connectivity index (χ0n) is 10.1. The van der Waals surface area contributed by atoms with Gasteiger partial charge in [0.25, 0.3) is 5.91 Å². The van der Waals surface area contributed by atoms with Crippen LogP contribution in [0.4, 0.5) is 13.2 Å². The van der Waals surface area contributed by atoms with Gasteiger partial charge in [-0.2, -0.15) is 0 Å². The maximum atomic E-state index is 13.5. The predicted molar refractivity (Wildman–Crippen MR) is 68.7 cm³/mol. The number of halogens is 4. The standard InChI is InChI=1S/C13H13BrF3NO/c14-3-1-8-2-4-18(7-8)13(19)12-10(16)5-9(15)6-11(12)17/h5-6,8H,1-4,7H2. The van der Waals surface area contributed by atoms with Gasteiger partial charge in [-0.25, -0.2) is 13.2 Å². The van der Waals surface area contributed by atoms with Crippen molar-refractivity contribution in [2.75, 3.05) is 18.4 Å². The van der Waals surface area contributed by atoms with E-state index in [9.17, 15) is 18.0 Å². The molecule has 1 aromatic rings. The molecule has 2 rings (SSSR count). The van der Waals surface area contributed by atoms with Crippen LogP contribution in [0.3, 0.4) is 0 Å². The zero-order valence-corrected chi connectivity index (χ0v) is 11.7. The van der Waals surface area contributed by atoms with Crippen molar-refractivity contribution in [3.63, 3.8) is 0 Å². The Morgan fingerprint density at radius 1 is 1.32 bits per heavy atom. The van der Waals surface area contributed by atoms with Crippen LogP contribution in [0.5, 0.6) is 0 Å². The molecule has 6 heteroatoms. The number of nitrogens with zero attached hydrogens (tertiary/aromatic N) is 1. The first-order valence-corrected chi connectivity index (χ1v) is 7.15. The summed E-state index contributed by atoms with van der Waals surface area (Å²) < 4.78 is 39.9. The van der Waals surface area contributed by atoms with Crippen molar-refractivity contribution >= 4 is 21.8 Å². The van der Waals surface area contributed by atoms with E-state index in [1.165, 1.54) is 4.90 Å². The Hall–Kier alpha value is -1.04. The van der Waals surface area contributed by atoms with E-state index in [4.69, 9.17) is 0 Å². The Labute approximate surface area is 117 Å². The topological polar surface area (TPSA) is 20.3 Å². The molecule has 104 valence electrons. The normalized spacial score (nSPS) is 18.9.